The number of thioether (sulfide) groups is 1. The Balaban J connectivity index is 0. The molecule has 2 heterocycles. The van der Waals surface area contributed by atoms with E-state index in [1.807, 2.05) is 24.4 Å². The maximum absolute atomic E-state index is 4.22. The van der Waals surface area contributed by atoms with Gasteiger partial charge in [-0.05, 0) is 12.1 Å². The maximum Gasteiger partial charge on any atom is 0.165 e. The molecule has 0 spiro atoms. The number of hydrogen-bond acceptors (Lipinski definition) is 3. The molecule has 0 radical (unpaired) electrons. The summed E-state index contributed by atoms with van der Waals surface area (Å²) < 4.78 is 0. The van der Waals surface area contributed by atoms with Crippen LogP contribution in [0.4, 0.5) is 0 Å². The van der Waals surface area contributed by atoms with Crippen LogP contribution in [0, 0.1) is 0 Å². The van der Waals surface area contributed by atoms with E-state index in [2.05, 4.69) is 15.0 Å². The van der Waals surface area contributed by atoms with E-state index in [4.69, 9.17) is 0 Å². The van der Waals surface area contributed by atoms with Crippen molar-refractivity contribution in [3.05, 3.63) is 42.5 Å². The third-order valence-electron chi connectivity index (χ3n) is 1.56. The Morgan fingerprint density at radius 3 is 2.44 bits per heavy atom. The molecule has 0 aliphatic carbocycles. The molecule has 2 aromatic rings. The maximum atomic E-state index is 4.22. The van der Waals surface area contributed by atoms with E-state index in [1.54, 1.807) is 24.2 Å². The zero-order valence-corrected chi connectivity index (χ0v) is 14.2. The van der Waals surface area contributed by atoms with Crippen LogP contribution in [0.2, 0.25) is 0 Å². The van der Waals surface area contributed by atoms with E-state index in [0.29, 0.717) is 0 Å². The van der Waals surface area contributed by atoms with Crippen molar-refractivity contribution in [2.75, 3.05) is 0 Å². The summed E-state index contributed by atoms with van der Waals surface area (Å²) >= 11 is 1.65. The van der Waals surface area contributed by atoms with Gasteiger partial charge >= 0.3 is 0 Å². The van der Waals surface area contributed by atoms with Gasteiger partial charge in [0, 0.05) is 24.3 Å². The number of pyridine rings is 1. The highest BCUT2D eigenvalue weighted by molar-refractivity contribution is 8.93. The quantitative estimate of drug-likeness (QED) is 0.748. The molecule has 0 bridgehead atoms. The van der Waals surface area contributed by atoms with E-state index >= 15 is 0 Å². The molecule has 0 aromatic carbocycles. The summed E-state index contributed by atoms with van der Waals surface area (Å²) in [5.74, 6) is 0.856. The lowest BCUT2D eigenvalue weighted by Gasteiger charge is -1.96. The van der Waals surface area contributed by atoms with Crippen molar-refractivity contribution in [2.24, 2.45) is 0 Å². The van der Waals surface area contributed by atoms with Crippen LogP contribution in [0.15, 0.2) is 41.9 Å². The smallest absolute Gasteiger partial charge is 0.165 e. The van der Waals surface area contributed by atoms with E-state index in [-0.39, 0.29) is 50.9 Å². The summed E-state index contributed by atoms with van der Waals surface area (Å²) in [7, 11) is 0. The molecule has 0 amide bonds. The molecule has 0 aliphatic rings. The average molecular weight is 434 g/mol. The van der Waals surface area contributed by atoms with Crippen molar-refractivity contribution in [1.29, 1.82) is 0 Å². The number of aromatic amines is 1. The first-order valence-electron chi connectivity index (χ1n) is 3.97. The van der Waals surface area contributed by atoms with Crippen LogP contribution >= 0.6 is 62.7 Å². The Morgan fingerprint density at radius 1 is 1.06 bits per heavy atom. The monoisotopic (exact) mass is 431 g/mol. The fraction of sp³-hybridized carbons (Fsp3) is 0.111. The Morgan fingerprint density at radius 2 is 1.88 bits per heavy atom. The molecule has 3 nitrogen and oxygen atoms in total. The third-order valence-corrected chi connectivity index (χ3v) is 2.49. The minimum atomic E-state index is 0. The van der Waals surface area contributed by atoms with Gasteiger partial charge in [0.25, 0.3) is 0 Å². The van der Waals surface area contributed by atoms with Gasteiger partial charge < -0.3 is 4.98 Å². The fourth-order valence-electron chi connectivity index (χ4n) is 0.956. The van der Waals surface area contributed by atoms with Crippen molar-refractivity contribution in [1.82, 2.24) is 15.0 Å². The van der Waals surface area contributed by atoms with Crippen LogP contribution in [0.5, 0.6) is 0 Å². The van der Waals surface area contributed by atoms with Gasteiger partial charge in [-0.2, -0.15) is 0 Å². The zero-order valence-electron chi connectivity index (χ0n) is 8.20. The topological polar surface area (TPSA) is 41.6 Å². The normalized spacial score (nSPS) is 8.25. The van der Waals surface area contributed by atoms with Crippen molar-refractivity contribution in [3.63, 3.8) is 0 Å². The Hall–Kier alpha value is 0.150. The second-order valence-corrected chi connectivity index (χ2v) is 3.47. The van der Waals surface area contributed by atoms with Crippen LogP contribution in [0.25, 0.3) is 0 Å². The van der Waals surface area contributed by atoms with Crippen molar-refractivity contribution < 1.29 is 0 Å². The predicted molar refractivity (Wildman–Crippen MR) is 83.4 cm³/mol. The van der Waals surface area contributed by atoms with Gasteiger partial charge in [0.15, 0.2) is 5.16 Å². The zero-order chi connectivity index (χ0) is 8.93. The SMILES string of the molecule is Br.Br.Br.c1ccc(CSc2ncc[nH]2)nc1. The third kappa shape index (κ3) is 6.03. The number of imidazole rings is 1. The summed E-state index contributed by atoms with van der Waals surface area (Å²) in [5.41, 5.74) is 1.07. The minimum Gasteiger partial charge on any atom is -0.340 e. The van der Waals surface area contributed by atoms with Gasteiger partial charge in [-0.1, -0.05) is 17.8 Å². The highest BCUT2D eigenvalue weighted by Gasteiger charge is 1.97. The summed E-state index contributed by atoms with van der Waals surface area (Å²) in [6.07, 6.45) is 5.37. The molecule has 0 atom stereocenters. The fourth-order valence-corrected chi connectivity index (χ4v) is 1.70. The first-order valence-corrected chi connectivity index (χ1v) is 4.96. The first kappa shape index (κ1) is 18.5. The van der Waals surface area contributed by atoms with Crippen LogP contribution < -0.4 is 0 Å². The Bertz CT molecular complexity index is 355. The van der Waals surface area contributed by atoms with Gasteiger partial charge in [0.1, 0.15) is 0 Å². The van der Waals surface area contributed by atoms with Gasteiger partial charge in [0.05, 0.1) is 5.69 Å². The standard InChI is InChI=1S/C9H9N3S.3BrH/c1-2-4-10-8(3-1)7-13-9-11-5-6-12-9;;;/h1-6H,7H2,(H,11,12);3*1H. The van der Waals surface area contributed by atoms with Crippen LogP contribution in [0.1, 0.15) is 5.69 Å². The number of H-pyrrole nitrogens is 1. The molecule has 90 valence electrons. The first-order chi connectivity index (χ1) is 6.45. The molecule has 7 heteroatoms. The Labute approximate surface area is 130 Å². The highest BCUT2D eigenvalue weighted by atomic mass is 79.9. The summed E-state index contributed by atoms with van der Waals surface area (Å²) in [5, 5.41) is 0.936. The number of aromatic nitrogens is 3. The van der Waals surface area contributed by atoms with E-state index in [0.717, 1.165) is 16.6 Å². The van der Waals surface area contributed by atoms with Crippen molar-refractivity contribution in [2.45, 2.75) is 10.9 Å². The molecule has 0 saturated heterocycles. The molecular weight excluding hydrogens is 422 g/mol. The largest absolute Gasteiger partial charge is 0.340 e. The van der Waals surface area contributed by atoms with Crippen LogP contribution in [-0.2, 0) is 5.75 Å². The van der Waals surface area contributed by atoms with Crippen molar-refractivity contribution in [3.8, 4) is 0 Å². The Kier molecular flexibility index (Phi) is 11.9. The lowest BCUT2D eigenvalue weighted by atomic mass is 10.4. The summed E-state index contributed by atoms with van der Waals surface area (Å²) in [6, 6.07) is 5.92. The molecule has 0 aliphatic heterocycles. The summed E-state index contributed by atoms with van der Waals surface area (Å²) in [4.78, 5) is 11.4. The average Bonchev–Trinajstić information content (AvgIpc) is 2.69. The summed E-state index contributed by atoms with van der Waals surface area (Å²) in [6.45, 7) is 0. The van der Waals surface area contributed by atoms with Gasteiger partial charge in [0.2, 0.25) is 0 Å². The molecule has 0 saturated carbocycles. The molecule has 2 aromatic heterocycles. The van der Waals surface area contributed by atoms with Crippen LogP contribution in [0.3, 0.4) is 0 Å². The predicted octanol–water partition coefficient (Wildman–Crippen LogP) is 3.83. The lowest BCUT2D eigenvalue weighted by Crippen LogP contribution is -1.84. The number of hydrogen-bond donors (Lipinski definition) is 1. The molecule has 0 unspecified atom stereocenters. The second-order valence-electron chi connectivity index (χ2n) is 2.50. The highest BCUT2D eigenvalue weighted by Crippen LogP contribution is 2.16. The number of rotatable bonds is 3. The van der Waals surface area contributed by atoms with E-state index < -0.39 is 0 Å². The number of nitrogens with zero attached hydrogens (tertiary/aromatic N) is 2. The number of halogens is 3. The molecule has 16 heavy (non-hydrogen) atoms. The lowest BCUT2D eigenvalue weighted by molar-refractivity contribution is 1.05. The van der Waals surface area contributed by atoms with Gasteiger partial charge in [-0.3, -0.25) is 4.98 Å². The second kappa shape index (κ2) is 10.3. The van der Waals surface area contributed by atoms with Crippen LogP contribution in [-0.4, -0.2) is 15.0 Å². The minimum absolute atomic E-state index is 0. The number of nitrogens with one attached hydrogen (secondary N) is 1. The van der Waals surface area contributed by atoms with E-state index in [1.165, 1.54) is 0 Å². The molecule has 0 fully saturated rings. The van der Waals surface area contributed by atoms with Gasteiger partial charge in [-0.25, -0.2) is 4.98 Å². The molecular formula is C9H12Br3N3S. The van der Waals surface area contributed by atoms with Gasteiger partial charge in [-0.15, -0.1) is 50.9 Å². The molecule has 2 rings (SSSR count). The van der Waals surface area contributed by atoms with E-state index in [9.17, 15) is 0 Å². The molecule has 1 N–H and O–H groups in total. The van der Waals surface area contributed by atoms with Crippen molar-refractivity contribution >= 4 is 62.7 Å².